The Kier molecular flexibility index (Phi) is 10.9. The van der Waals surface area contributed by atoms with Gasteiger partial charge in [0.15, 0.2) is 0 Å². The van der Waals surface area contributed by atoms with Crippen molar-refractivity contribution in [3.8, 4) is 0 Å². The summed E-state index contributed by atoms with van der Waals surface area (Å²) in [6.45, 7) is 5.88. The molecule has 0 saturated carbocycles. The zero-order valence-electron chi connectivity index (χ0n) is 22.6. The maximum absolute atomic E-state index is 13.4. The summed E-state index contributed by atoms with van der Waals surface area (Å²) in [5, 5.41) is 21.2. The van der Waals surface area contributed by atoms with Gasteiger partial charge in [0.1, 0.15) is 18.1 Å². The van der Waals surface area contributed by atoms with Crippen LogP contribution in [0, 0.1) is 5.92 Å². The number of rotatable bonds is 6. The van der Waals surface area contributed by atoms with Gasteiger partial charge in [0, 0.05) is 38.4 Å². The monoisotopic (exact) mass is 538 g/mol. The normalized spacial score (nSPS) is 23.1. The average Bonchev–Trinajstić information content (AvgIpc) is 2.90. The standard InChI is InChI=1S/C28H38N6O5/c1-18(2)24-28(39)31-22(14-20-8-5-4-6-9-20)26(37)33-25(19(3)35)27(38)30-12-13-34(17-23(36)32-24)16-21-10-7-11-29-15-21/h4-11,15,18-19,22,24-25,35H,12-14,16-17H2,1-3H3,(H,30,38)(H,31,39)(H,32,36)(H,33,37)/t19-,22+,24-,25+/m1/s1. The van der Waals surface area contributed by atoms with Crippen LogP contribution >= 0.6 is 0 Å². The van der Waals surface area contributed by atoms with E-state index >= 15 is 0 Å². The molecule has 5 N–H and O–H groups in total. The number of aliphatic hydroxyl groups is 1. The Morgan fingerprint density at radius 2 is 1.62 bits per heavy atom. The molecule has 0 radical (unpaired) electrons. The van der Waals surface area contributed by atoms with Crippen molar-refractivity contribution in [2.24, 2.45) is 5.92 Å². The minimum atomic E-state index is -1.23. The lowest BCUT2D eigenvalue weighted by molar-refractivity contribution is -0.135. The SMILES string of the molecule is CC(C)[C@H]1NC(=O)CN(Cc2cccnc2)CCNC(=O)[C@H]([C@@H](C)O)NC(=O)[C@H](Cc2ccccc2)NC1=O. The van der Waals surface area contributed by atoms with Gasteiger partial charge in [-0.25, -0.2) is 0 Å². The molecule has 1 saturated heterocycles. The van der Waals surface area contributed by atoms with Crippen molar-refractivity contribution in [3.05, 3.63) is 66.0 Å². The molecular formula is C28H38N6O5. The number of nitrogens with one attached hydrogen (secondary N) is 4. The van der Waals surface area contributed by atoms with Crippen LogP contribution < -0.4 is 21.3 Å². The van der Waals surface area contributed by atoms with E-state index in [1.54, 1.807) is 18.5 Å². The van der Waals surface area contributed by atoms with Crippen molar-refractivity contribution in [1.29, 1.82) is 0 Å². The fraction of sp³-hybridized carbons (Fsp3) is 0.464. The summed E-state index contributed by atoms with van der Waals surface area (Å²) >= 11 is 0. The zero-order valence-corrected chi connectivity index (χ0v) is 22.6. The summed E-state index contributed by atoms with van der Waals surface area (Å²) in [5.41, 5.74) is 1.68. The lowest BCUT2D eigenvalue weighted by Gasteiger charge is -2.27. The van der Waals surface area contributed by atoms with Gasteiger partial charge in [0.2, 0.25) is 23.6 Å². The number of aliphatic hydroxyl groups excluding tert-OH is 1. The molecule has 0 spiro atoms. The molecule has 4 amide bonds. The van der Waals surface area contributed by atoms with Crippen molar-refractivity contribution in [2.75, 3.05) is 19.6 Å². The molecule has 0 unspecified atom stereocenters. The molecule has 1 aliphatic rings. The number of carbonyl (C=O) groups is 4. The van der Waals surface area contributed by atoms with E-state index in [2.05, 4.69) is 26.3 Å². The quantitative estimate of drug-likeness (QED) is 0.340. The van der Waals surface area contributed by atoms with Crippen molar-refractivity contribution >= 4 is 23.6 Å². The molecule has 11 nitrogen and oxygen atoms in total. The number of amides is 4. The van der Waals surface area contributed by atoms with Crippen LogP contribution in [0.25, 0.3) is 0 Å². The minimum Gasteiger partial charge on any atom is -0.391 e. The summed E-state index contributed by atoms with van der Waals surface area (Å²) < 4.78 is 0. The van der Waals surface area contributed by atoms with Gasteiger partial charge in [-0.2, -0.15) is 0 Å². The first kappa shape index (κ1) is 29.7. The number of hydrogen-bond acceptors (Lipinski definition) is 7. The Labute approximate surface area is 228 Å². The second-order valence-electron chi connectivity index (χ2n) is 10.1. The van der Waals surface area contributed by atoms with Crippen LogP contribution in [-0.2, 0) is 32.1 Å². The third kappa shape index (κ3) is 9.15. The summed E-state index contributed by atoms with van der Waals surface area (Å²) in [6, 6.07) is 9.66. The number of carbonyl (C=O) groups excluding carboxylic acids is 4. The smallest absolute Gasteiger partial charge is 0.245 e. The molecule has 39 heavy (non-hydrogen) atoms. The van der Waals surface area contributed by atoms with Gasteiger partial charge in [0.25, 0.3) is 0 Å². The first-order chi connectivity index (χ1) is 18.6. The number of nitrogens with zero attached hydrogens (tertiary/aromatic N) is 2. The number of aromatic nitrogens is 1. The van der Waals surface area contributed by atoms with E-state index in [4.69, 9.17) is 0 Å². The molecule has 4 atom stereocenters. The molecule has 1 aromatic carbocycles. The van der Waals surface area contributed by atoms with Crippen LogP contribution in [0.5, 0.6) is 0 Å². The Balaban J connectivity index is 1.89. The highest BCUT2D eigenvalue weighted by Crippen LogP contribution is 2.09. The molecule has 2 heterocycles. The van der Waals surface area contributed by atoms with Gasteiger partial charge in [-0.05, 0) is 30.0 Å². The van der Waals surface area contributed by atoms with Crippen LogP contribution in [0.1, 0.15) is 31.9 Å². The maximum Gasteiger partial charge on any atom is 0.245 e. The zero-order chi connectivity index (χ0) is 28.4. The van der Waals surface area contributed by atoms with E-state index < -0.39 is 42.0 Å². The van der Waals surface area contributed by atoms with Gasteiger partial charge in [-0.15, -0.1) is 0 Å². The number of hydrogen-bond donors (Lipinski definition) is 5. The molecule has 1 aromatic heterocycles. The average molecular weight is 539 g/mol. The first-order valence-corrected chi connectivity index (χ1v) is 13.1. The molecule has 1 fully saturated rings. The highest BCUT2D eigenvalue weighted by Gasteiger charge is 2.33. The molecule has 2 aromatic rings. The Morgan fingerprint density at radius 1 is 0.897 bits per heavy atom. The van der Waals surface area contributed by atoms with Crippen LogP contribution in [0.3, 0.4) is 0 Å². The summed E-state index contributed by atoms with van der Waals surface area (Å²) in [4.78, 5) is 58.7. The van der Waals surface area contributed by atoms with Gasteiger partial charge >= 0.3 is 0 Å². The van der Waals surface area contributed by atoms with Crippen LogP contribution in [0.15, 0.2) is 54.9 Å². The van der Waals surface area contributed by atoms with Crippen molar-refractivity contribution in [1.82, 2.24) is 31.2 Å². The maximum atomic E-state index is 13.4. The van der Waals surface area contributed by atoms with Gasteiger partial charge in [0.05, 0.1) is 12.6 Å². The van der Waals surface area contributed by atoms with E-state index in [0.29, 0.717) is 13.1 Å². The van der Waals surface area contributed by atoms with Gasteiger partial charge < -0.3 is 26.4 Å². The summed E-state index contributed by atoms with van der Waals surface area (Å²) in [6.07, 6.45) is 2.33. The van der Waals surface area contributed by atoms with E-state index in [0.717, 1.165) is 11.1 Å². The lowest BCUT2D eigenvalue weighted by atomic mass is 10.0. The molecule has 3 rings (SSSR count). The lowest BCUT2D eigenvalue weighted by Crippen LogP contribution is -2.60. The topological polar surface area (TPSA) is 153 Å². The molecular weight excluding hydrogens is 500 g/mol. The fourth-order valence-electron chi connectivity index (χ4n) is 4.35. The van der Waals surface area contributed by atoms with E-state index in [9.17, 15) is 24.3 Å². The van der Waals surface area contributed by atoms with E-state index in [-0.39, 0.29) is 31.3 Å². The van der Waals surface area contributed by atoms with Crippen molar-refractivity contribution in [2.45, 2.75) is 58.0 Å². The van der Waals surface area contributed by atoms with Gasteiger partial charge in [-0.3, -0.25) is 29.1 Å². The van der Waals surface area contributed by atoms with Crippen molar-refractivity contribution < 1.29 is 24.3 Å². The Morgan fingerprint density at radius 3 is 2.26 bits per heavy atom. The second kappa shape index (κ2) is 14.4. The summed E-state index contributed by atoms with van der Waals surface area (Å²) in [7, 11) is 0. The highest BCUT2D eigenvalue weighted by molar-refractivity contribution is 5.94. The number of pyridine rings is 1. The third-order valence-corrected chi connectivity index (χ3v) is 6.47. The predicted molar refractivity (Wildman–Crippen MR) is 145 cm³/mol. The van der Waals surface area contributed by atoms with Gasteiger partial charge in [-0.1, -0.05) is 50.2 Å². The second-order valence-corrected chi connectivity index (χ2v) is 10.1. The van der Waals surface area contributed by atoms with Crippen LogP contribution in [0.2, 0.25) is 0 Å². The van der Waals surface area contributed by atoms with Crippen LogP contribution in [0.4, 0.5) is 0 Å². The Hall–Kier alpha value is -3.83. The number of benzene rings is 1. The molecule has 11 heteroatoms. The molecule has 210 valence electrons. The third-order valence-electron chi connectivity index (χ3n) is 6.47. The summed E-state index contributed by atoms with van der Waals surface area (Å²) in [5.74, 6) is -2.31. The predicted octanol–water partition coefficient (Wildman–Crippen LogP) is -0.253. The van der Waals surface area contributed by atoms with Crippen molar-refractivity contribution in [3.63, 3.8) is 0 Å². The first-order valence-electron chi connectivity index (χ1n) is 13.1. The molecule has 0 aliphatic carbocycles. The van der Waals surface area contributed by atoms with E-state index in [1.807, 2.05) is 55.1 Å². The molecule has 0 bridgehead atoms. The Bertz CT molecular complexity index is 1110. The molecule has 1 aliphatic heterocycles. The minimum absolute atomic E-state index is 0.0221. The van der Waals surface area contributed by atoms with Crippen LogP contribution in [-0.4, -0.2) is 82.5 Å². The van der Waals surface area contributed by atoms with E-state index in [1.165, 1.54) is 6.92 Å². The fourth-order valence-corrected chi connectivity index (χ4v) is 4.35. The highest BCUT2D eigenvalue weighted by atomic mass is 16.3. The largest absolute Gasteiger partial charge is 0.391 e.